The molecule has 1 aliphatic rings. The third-order valence-electron chi connectivity index (χ3n) is 3.65. The molecular weight excluding hydrogens is 228 g/mol. The van der Waals surface area contributed by atoms with E-state index in [-0.39, 0.29) is 0 Å². The minimum Gasteiger partial charge on any atom is -0.478 e. The van der Waals surface area contributed by atoms with Crippen molar-refractivity contribution in [3.05, 3.63) is 23.8 Å². The van der Waals surface area contributed by atoms with E-state index in [1.807, 2.05) is 0 Å². The van der Waals surface area contributed by atoms with Crippen LogP contribution < -0.4 is 10.6 Å². The normalized spacial score (nSPS) is 19.5. The number of hydrogen-bond acceptors (Lipinski definition) is 3. The van der Waals surface area contributed by atoms with Crippen LogP contribution in [0.5, 0.6) is 0 Å². The second kappa shape index (κ2) is 4.88. The highest BCUT2D eigenvalue weighted by Crippen LogP contribution is 2.36. The molecule has 0 spiro atoms. The number of rotatable bonds is 3. The van der Waals surface area contributed by atoms with Gasteiger partial charge in [0.05, 0.1) is 16.9 Å². The van der Waals surface area contributed by atoms with Crippen LogP contribution in [-0.2, 0) is 0 Å². The number of para-hydroxylation sites is 1. The van der Waals surface area contributed by atoms with Crippen LogP contribution in [0.15, 0.2) is 18.2 Å². The number of aromatic carboxylic acids is 1. The fraction of sp³-hybridized carbons (Fsp3) is 0.500. The second-order valence-electron chi connectivity index (χ2n) is 5.20. The van der Waals surface area contributed by atoms with Crippen LogP contribution in [0.25, 0.3) is 0 Å². The van der Waals surface area contributed by atoms with Gasteiger partial charge in [-0.05, 0) is 30.9 Å². The molecule has 1 aromatic rings. The van der Waals surface area contributed by atoms with Gasteiger partial charge in [0.1, 0.15) is 0 Å². The van der Waals surface area contributed by atoms with E-state index in [4.69, 9.17) is 5.73 Å². The van der Waals surface area contributed by atoms with Crippen LogP contribution >= 0.6 is 0 Å². The van der Waals surface area contributed by atoms with Gasteiger partial charge in [-0.15, -0.1) is 0 Å². The number of nitrogens with two attached hydrogens (primary N) is 1. The molecule has 1 unspecified atom stereocenters. The Hall–Kier alpha value is -1.71. The Morgan fingerprint density at radius 3 is 2.83 bits per heavy atom. The maximum atomic E-state index is 11.3. The molecule has 1 saturated heterocycles. The lowest BCUT2D eigenvalue weighted by Gasteiger charge is -2.31. The molecule has 2 rings (SSSR count). The smallest absolute Gasteiger partial charge is 0.337 e. The SMILES string of the molecule is CC(C)C1CCCN1c1c(N)cccc1C(=O)O. The molecule has 98 valence electrons. The van der Waals surface area contributed by atoms with Crippen molar-refractivity contribution in [2.45, 2.75) is 32.7 Å². The fourth-order valence-electron chi connectivity index (χ4n) is 2.82. The van der Waals surface area contributed by atoms with Crippen LogP contribution in [-0.4, -0.2) is 23.7 Å². The lowest BCUT2D eigenvalue weighted by atomic mass is 10.0. The molecule has 3 N–H and O–H groups in total. The number of nitrogens with zero attached hydrogens (tertiary/aromatic N) is 1. The third kappa shape index (κ3) is 2.15. The van der Waals surface area contributed by atoms with Crippen LogP contribution in [0.1, 0.15) is 37.0 Å². The molecule has 18 heavy (non-hydrogen) atoms. The van der Waals surface area contributed by atoms with E-state index in [2.05, 4.69) is 18.7 Å². The zero-order chi connectivity index (χ0) is 13.3. The molecule has 1 heterocycles. The first-order chi connectivity index (χ1) is 8.52. The summed E-state index contributed by atoms with van der Waals surface area (Å²) in [6, 6.07) is 5.48. The summed E-state index contributed by atoms with van der Waals surface area (Å²) in [4.78, 5) is 13.5. The molecule has 4 heteroatoms. The van der Waals surface area contributed by atoms with Gasteiger partial charge in [0.15, 0.2) is 0 Å². The number of carbonyl (C=O) groups is 1. The van der Waals surface area contributed by atoms with Gasteiger partial charge in [-0.2, -0.15) is 0 Å². The second-order valence-corrected chi connectivity index (χ2v) is 5.20. The molecule has 1 aromatic carbocycles. The summed E-state index contributed by atoms with van der Waals surface area (Å²) in [5, 5.41) is 9.29. The summed E-state index contributed by atoms with van der Waals surface area (Å²) in [7, 11) is 0. The number of anilines is 2. The summed E-state index contributed by atoms with van der Waals surface area (Å²) in [5.41, 5.74) is 7.56. The first-order valence-electron chi connectivity index (χ1n) is 6.40. The quantitative estimate of drug-likeness (QED) is 0.807. The summed E-state index contributed by atoms with van der Waals surface area (Å²) >= 11 is 0. The molecule has 0 aromatic heterocycles. The van der Waals surface area contributed by atoms with Crippen molar-refractivity contribution in [3.63, 3.8) is 0 Å². The third-order valence-corrected chi connectivity index (χ3v) is 3.65. The molecule has 0 bridgehead atoms. The predicted molar refractivity (Wildman–Crippen MR) is 73.0 cm³/mol. The molecule has 1 fully saturated rings. The van der Waals surface area contributed by atoms with Gasteiger partial charge in [0.25, 0.3) is 0 Å². The number of carboxylic acid groups (broad SMARTS) is 1. The molecule has 4 nitrogen and oxygen atoms in total. The number of benzene rings is 1. The topological polar surface area (TPSA) is 66.6 Å². The number of nitrogen functional groups attached to an aromatic ring is 1. The maximum absolute atomic E-state index is 11.3. The molecule has 1 atom stereocenters. The van der Waals surface area contributed by atoms with Crippen molar-refractivity contribution >= 4 is 17.3 Å². The maximum Gasteiger partial charge on any atom is 0.337 e. The minimum atomic E-state index is -0.910. The fourth-order valence-corrected chi connectivity index (χ4v) is 2.82. The van der Waals surface area contributed by atoms with E-state index in [0.717, 1.165) is 19.4 Å². The average molecular weight is 248 g/mol. The standard InChI is InChI=1S/C14H20N2O2/c1-9(2)12-7-4-8-16(12)13-10(14(17)18)5-3-6-11(13)15/h3,5-6,9,12H,4,7-8,15H2,1-2H3,(H,17,18). The van der Waals surface area contributed by atoms with Gasteiger partial charge >= 0.3 is 5.97 Å². The van der Waals surface area contributed by atoms with Crippen molar-refractivity contribution in [1.29, 1.82) is 0 Å². The highest BCUT2D eigenvalue weighted by molar-refractivity contribution is 5.98. The van der Waals surface area contributed by atoms with Gasteiger partial charge in [-0.3, -0.25) is 0 Å². The Morgan fingerprint density at radius 1 is 1.50 bits per heavy atom. The molecule has 0 radical (unpaired) electrons. The van der Waals surface area contributed by atoms with Crippen molar-refractivity contribution in [2.24, 2.45) is 5.92 Å². The molecule has 0 saturated carbocycles. The van der Waals surface area contributed by atoms with E-state index in [1.54, 1.807) is 18.2 Å². The molecule has 0 amide bonds. The number of carboxylic acids is 1. The highest BCUT2D eigenvalue weighted by Gasteiger charge is 2.30. The van der Waals surface area contributed by atoms with Gasteiger partial charge in [-0.1, -0.05) is 19.9 Å². The first kappa shape index (κ1) is 12.7. The zero-order valence-electron chi connectivity index (χ0n) is 10.9. The Morgan fingerprint density at radius 2 is 2.22 bits per heavy atom. The van der Waals surface area contributed by atoms with Crippen molar-refractivity contribution in [3.8, 4) is 0 Å². The van der Waals surface area contributed by atoms with Crippen molar-refractivity contribution < 1.29 is 9.90 Å². The van der Waals surface area contributed by atoms with Gasteiger partial charge in [-0.25, -0.2) is 4.79 Å². The Balaban J connectivity index is 2.46. The Bertz CT molecular complexity index is 457. The summed E-state index contributed by atoms with van der Waals surface area (Å²) in [6.45, 7) is 5.22. The lowest BCUT2D eigenvalue weighted by Crippen LogP contribution is -2.35. The zero-order valence-corrected chi connectivity index (χ0v) is 10.9. The average Bonchev–Trinajstić information content (AvgIpc) is 2.77. The van der Waals surface area contributed by atoms with Crippen LogP contribution in [0.4, 0.5) is 11.4 Å². The van der Waals surface area contributed by atoms with Gasteiger partial charge in [0.2, 0.25) is 0 Å². The first-order valence-corrected chi connectivity index (χ1v) is 6.40. The Labute approximate surface area is 107 Å². The molecule has 1 aliphatic heterocycles. The van der Waals surface area contributed by atoms with E-state index in [1.165, 1.54) is 0 Å². The van der Waals surface area contributed by atoms with E-state index in [0.29, 0.717) is 28.9 Å². The highest BCUT2D eigenvalue weighted by atomic mass is 16.4. The van der Waals surface area contributed by atoms with Gasteiger partial charge in [0, 0.05) is 12.6 Å². The van der Waals surface area contributed by atoms with E-state index >= 15 is 0 Å². The summed E-state index contributed by atoms with van der Waals surface area (Å²) < 4.78 is 0. The largest absolute Gasteiger partial charge is 0.478 e. The summed E-state index contributed by atoms with van der Waals surface area (Å²) in [6.07, 6.45) is 2.20. The van der Waals surface area contributed by atoms with Crippen LogP contribution in [0.2, 0.25) is 0 Å². The molecule has 0 aliphatic carbocycles. The molecular formula is C14H20N2O2. The van der Waals surface area contributed by atoms with Crippen molar-refractivity contribution in [2.75, 3.05) is 17.2 Å². The van der Waals surface area contributed by atoms with Crippen LogP contribution in [0.3, 0.4) is 0 Å². The summed E-state index contributed by atoms with van der Waals surface area (Å²) in [5.74, 6) is -0.416. The number of hydrogen-bond donors (Lipinski definition) is 2. The minimum absolute atomic E-state index is 0.308. The predicted octanol–water partition coefficient (Wildman–Crippen LogP) is 2.59. The monoisotopic (exact) mass is 248 g/mol. The van der Waals surface area contributed by atoms with Crippen LogP contribution in [0, 0.1) is 5.92 Å². The lowest BCUT2D eigenvalue weighted by molar-refractivity contribution is 0.0697. The van der Waals surface area contributed by atoms with E-state index in [9.17, 15) is 9.90 Å². The van der Waals surface area contributed by atoms with Gasteiger partial charge < -0.3 is 15.7 Å². The Kier molecular flexibility index (Phi) is 3.45. The van der Waals surface area contributed by atoms with Crippen molar-refractivity contribution in [1.82, 2.24) is 0 Å². The van der Waals surface area contributed by atoms with E-state index < -0.39 is 5.97 Å².